The van der Waals surface area contributed by atoms with E-state index in [0.29, 0.717) is 17.3 Å². The standard InChI is InChI=1S/C16H12N6/c17-8-11-14(10-4-3-7-19-9-10)22-13-6-2-1-5-12(13)20-16(22)21-15(11)18/h1-7,9,14H,18H2,(H,20,21)/t14-/m0/s1. The van der Waals surface area contributed by atoms with E-state index < -0.39 is 0 Å². The zero-order valence-electron chi connectivity index (χ0n) is 11.6. The van der Waals surface area contributed by atoms with E-state index in [1.165, 1.54) is 0 Å². The Balaban J connectivity index is 2.05. The van der Waals surface area contributed by atoms with Gasteiger partial charge in [-0.2, -0.15) is 5.26 Å². The van der Waals surface area contributed by atoms with Crippen molar-refractivity contribution in [1.82, 2.24) is 14.5 Å². The lowest BCUT2D eigenvalue weighted by Gasteiger charge is -2.27. The Morgan fingerprint density at radius 1 is 1.23 bits per heavy atom. The number of nitrogens with zero attached hydrogens (tertiary/aromatic N) is 4. The van der Waals surface area contributed by atoms with Crippen molar-refractivity contribution in [2.45, 2.75) is 6.04 Å². The molecule has 0 saturated carbocycles. The number of aromatic nitrogens is 3. The summed E-state index contributed by atoms with van der Waals surface area (Å²) in [5, 5.41) is 12.6. The molecule has 22 heavy (non-hydrogen) atoms. The van der Waals surface area contributed by atoms with Gasteiger partial charge >= 0.3 is 0 Å². The Bertz CT molecular complexity index is 932. The fourth-order valence-corrected chi connectivity index (χ4v) is 2.83. The number of anilines is 1. The molecule has 1 atom stereocenters. The summed E-state index contributed by atoms with van der Waals surface area (Å²) in [4.78, 5) is 8.72. The van der Waals surface area contributed by atoms with Crippen LogP contribution in [0, 0.1) is 11.3 Å². The molecule has 0 saturated heterocycles. The molecule has 0 spiro atoms. The van der Waals surface area contributed by atoms with Crippen molar-refractivity contribution in [2.75, 3.05) is 5.32 Å². The lowest BCUT2D eigenvalue weighted by molar-refractivity contribution is 0.678. The number of nitrogens with two attached hydrogens (primary N) is 1. The Morgan fingerprint density at radius 3 is 2.86 bits per heavy atom. The number of para-hydroxylation sites is 2. The Kier molecular flexibility index (Phi) is 2.60. The third-order valence-electron chi connectivity index (χ3n) is 3.78. The molecule has 0 aliphatic carbocycles. The third kappa shape index (κ3) is 1.66. The molecule has 3 aromatic rings. The molecule has 0 bridgehead atoms. The lowest BCUT2D eigenvalue weighted by Crippen LogP contribution is -2.27. The Hall–Kier alpha value is -3.33. The van der Waals surface area contributed by atoms with Gasteiger partial charge < -0.3 is 11.1 Å². The van der Waals surface area contributed by atoms with Crippen molar-refractivity contribution in [2.24, 2.45) is 5.73 Å². The maximum Gasteiger partial charge on any atom is 0.210 e. The molecule has 0 unspecified atom stereocenters. The van der Waals surface area contributed by atoms with Gasteiger partial charge in [-0.1, -0.05) is 18.2 Å². The Labute approximate surface area is 126 Å². The fraction of sp³-hybridized carbons (Fsp3) is 0.0625. The highest BCUT2D eigenvalue weighted by atomic mass is 15.3. The summed E-state index contributed by atoms with van der Waals surface area (Å²) >= 11 is 0. The van der Waals surface area contributed by atoms with Crippen molar-refractivity contribution >= 4 is 17.0 Å². The van der Waals surface area contributed by atoms with Crippen molar-refractivity contribution in [3.8, 4) is 6.07 Å². The predicted molar refractivity (Wildman–Crippen MR) is 82.6 cm³/mol. The molecule has 6 nitrogen and oxygen atoms in total. The minimum absolute atomic E-state index is 0.331. The van der Waals surface area contributed by atoms with E-state index in [0.717, 1.165) is 16.6 Å². The summed E-state index contributed by atoms with van der Waals surface area (Å²) in [6.07, 6.45) is 3.45. The summed E-state index contributed by atoms with van der Waals surface area (Å²) in [6, 6.07) is 13.5. The molecular weight excluding hydrogens is 276 g/mol. The average molecular weight is 288 g/mol. The lowest BCUT2D eigenvalue weighted by atomic mass is 9.99. The zero-order chi connectivity index (χ0) is 15.1. The molecule has 1 aromatic carbocycles. The molecule has 1 aliphatic rings. The monoisotopic (exact) mass is 288 g/mol. The van der Waals surface area contributed by atoms with Gasteiger partial charge in [0.15, 0.2) is 0 Å². The van der Waals surface area contributed by atoms with Gasteiger partial charge in [-0.05, 0) is 23.8 Å². The predicted octanol–water partition coefficient (Wildman–Crippen LogP) is 2.14. The largest absolute Gasteiger partial charge is 0.384 e. The molecule has 2 aromatic heterocycles. The summed E-state index contributed by atoms with van der Waals surface area (Å²) < 4.78 is 1.99. The highest BCUT2D eigenvalue weighted by Gasteiger charge is 2.30. The minimum atomic E-state index is -0.331. The number of allylic oxidation sites excluding steroid dienone is 1. The van der Waals surface area contributed by atoms with Gasteiger partial charge in [0.1, 0.15) is 17.9 Å². The van der Waals surface area contributed by atoms with Gasteiger partial charge in [-0.15, -0.1) is 0 Å². The van der Waals surface area contributed by atoms with E-state index in [1.807, 2.05) is 41.0 Å². The molecule has 106 valence electrons. The first kappa shape index (κ1) is 12.4. The number of hydrogen-bond acceptors (Lipinski definition) is 5. The minimum Gasteiger partial charge on any atom is -0.384 e. The highest BCUT2D eigenvalue weighted by Crippen LogP contribution is 2.37. The smallest absolute Gasteiger partial charge is 0.210 e. The molecular formula is C16H12N6. The van der Waals surface area contributed by atoms with Crippen molar-refractivity contribution in [3.05, 3.63) is 65.7 Å². The van der Waals surface area contributed by atoms with E-state index in [-0.39, 0.29) is 6.04 Å². The van der Waals surface area contributed by atoms with Crippen LogP contribution in [0.2, 0.25) is 0 Å². The van der Waals surface area contributed by atoms with E-state index in [9.17, 15) is 5.26 Å². The van der Waals surface area contributed by atoms with Crippen molar-refractivity contribution in [1.29, 1.82) is 5.26 Å². The van der Waals surface area contributed by atoms with Crippen LogP contribution in [0.5, 0.6) is 0 Å². The van der Waals surface area contributed by atoms with Crippen LogP contribution in [0.15, 0.2) is 60.2 Å². The second-order valence-electron chi connectivity index (χ2n) is 5.05. The summed E-state index contributed by atoms with van der Waals surface area (Å²) in [7, 11) is 0. The topological polar surface area (TPSA) is 92.5 Å². The van der Waals surface area contributed by atoms with Crippen LogP contribution in [0.25, 0.3) is 11.0 Å². The van der Waals surface area contributed by atoms with Gasteiger partial charge in [0, 0.05) is 12.4 Å². The van der Waals surface area contributed by atoms with Gasteiger partial charge in [0.05, 0.1) is 16.6 Å². The number of fused-ring (bicyclic) bond motifs is 3. The van der Waals surface area contributed by atoms with E-state index in [2.05, 4.69) is 21.4 Å². The number of nitrogens with one attached hydrogen (secondary N) is 1. The number of benzene rings is 1. The van der Waals surface area contributed by atoms with E-state index in [4.69, 9.17) is 5.73 Å². The molecule has 3 heterocycles. The summed E-state index contributed by atoms with van der Waals surface area (Å²) in [6.45, 7) is 0. The molecule has 0 fully saturated rings. The van der Waals surface area contributed by atoms with Crippen LogP contribution >= 0.6 is 0 Å². The molecule has 0 amide bonds. The molecule has 4 rings (SSSR count). The van der Waals surface area contributed by atoms with Crippen molar-refractivity contribution < 1.29 is 0 Å². The van der Waals surface area contributed by atoms with E-state index >= 15 is 0 Å². The quantitative estimate of drug-likeness (QED) is 0.715. The number of hydrogen-bond donors (Lipinski definition) is 2. The first-order valence-electron chi connectivity index (χ1n) is 6.83. The number of rotatable bonds is 1. The normalized spacial score (nSPS) is 17.0. The first-order chi connectivity index (χ1) is 10.8. The van der Waals surface area contributed by atoms with Crippen LogP contribution in [0.1, 0.15) is 11.6 Å². The van der Waals surface area contributed by atoms with Crippen LogP contribution in [0.4, 0.5) is 5.95 Å². The number of imidazole rings is 1. The molecule has 0 radical (unpaired) electrons. The first-order valence-corrected chi connectivity index (χ1v) is 6.83. The Morgan fingerprint density at radius 2 is 2.09 bits per heavy atom. The summed E-state index contributed by atoms with van der Waals surface area (Å²) in [5.74, 6) is 0.964. The van der Waals surface area contributed by atoms with Crippen LogP contribution in [-0.2, 0) is 0 Å². The van der Waals surface area contributed by atoms with Crippen LogP contribution < -0.4 is 11.1 Å². The maximum atomic E-state index is 9.55. The van der Waals surface area contributed by atoms with Gasteiger partial charge in [0.25, 0.3) is 0 Å². The van der Waals surface area contributed by atoms with Crippen molar-refractivity contribution in [3.63, 3.8) is 0 Å². The molecule has 6 heteroatoms. The fourth-order valence-electron chi connectivity index (χ4n) is 2.83. The second-order valence-corrected chi connectivity index (χ2v) is 5.05. The summed E-state index contributed by atoms with van der Waals surface area (Å²) in [5.41, 5.74) is 9.18. The highest BCUT2D eigenvalue weighted by molar-refractivity contribution is 5.80. The number of nitriles is 1. The van der Waals surface area contributed by atoms with Crippen LogP contribution in [0.3, 0.4) is 0 Å². The van der Waals surface area contributed by atoms with Gasteiger partial charge in [-0.3, -0.25) is 9.55 Å². The average Bonchev–Trinajstić information content (AvgIpc) is 2.92. The zero-order valence-corrected chi connectivity index (χ0v) is 11.6. The third-order valence-corrected chi connectivity index (χ3v) is 3.78. The maximum absolute atomic E-state index is 9.55. The van der Waals surface area contributed by atoms with Gasteiger partial charge in [-0.25, -0.2) is 4.98 Å². The second kappa shape index (κ2) is 4.60. The van der Waals surface area contributed by atoms with E-state index in [1.54, 1.807) is 12.4 Å². The number of pyridine rings is 1. The van der Waals surface area contributed by atoms with Gasteiger partial charge in [0.2, 0.25) is 5.95 Å². The molecule has 1 aliphatic heterocycles. The molecule has 3 N–H and O–H groups in total. The SMILES string of the molecule is N#CC1=C(N)Nc2nc3ccccc3n2[C@H]1c1cccnc1. The van der Waals surface area contributed by atoms with Crippen LogP contribution in [-0.4, -0.2) is 14.5 Å².